The normalized spacial score (nSPS) is 18.7. The van der Waals surface area contributed by atoms with Crippen LogP contribution in [-0.2, 0) is 16.6 Å². The largest absolute Gasteiger partial charge is 0.477 e. The second-order valence-corrected chi connectivity index (χ2v) is 8.80. The summed E-state index contributed by atoms with van der Waals surface area (Å²) in [6, 6.07) is 7.48. The molecule has 1 fully saturated rings. The number of sulfonamides is 1. The van der Waals surface area contributed by atoms with E-state index in [1.807, 2.05) is 4.90 Å². The van der Waals surface area contributed by atoms with Crippen molar-refractivity contribution in [3.8, 4) is 0 Å². The average Bonchev–Trinajstić information content (AvgIpc) is 3.08. The van der Waals surface area contributed by atoms with E-state index in [9.17, 15) is 17.6 Å². The van der Waals surface area contributed by atoms with E-state index in [2.05, 4.69) is 4.72 Å². The zero-order valence-corrected chi connectivity index (χ0v) is 15.5. The van der Waals surface area contributed by atoms with Gasteiger partial charge in [-0.15, -0.1) is 11.3 Å². The smallest absolute Gasteiger partial charge is 0.347 e. The van der Waals surface area contributed by atoms with E-state index in [0.29, 0.717) is 25.1 Å². The second-order valence-electron chi connectivity index (χ2n) is 6.21. The topological polar surface area (TPSA) is 86.7 Å². The molecule has 1 atom stereocenters. The van der Waals surface area contributed by atoms with Crippen molar-refractivity contribution in [1.82, 2.24) is 9.62 Å². The van der Waals surface area contributed by atoms with Gasteiger partial charge in [-0.05, 0) is 36.9 Å². The average molecular weight is 398 g/mol. The number of aromatic carboxylic acids is 1. The Hall–Kier alpha value is -1.81. The number of hydrogen-bond acceptors (Lipinski definition) is 5. The molecule has 140 valence electrons. The van der Waals surface area contributed by atoms with E-state index in [0.717, 1.165) is 24.3 Å². The van der Waals surface area contributed by atoms with Gasteiger partial charge in [-0.3, -0.25) is 4.90 Å². The zero-order chi connectivity index (χ0) is 18.7. The Balaban J connectivity index is 1.69. The zero-order valence-electron chi connectivity index (χ0n) is 13.9. The first-order chi connectivity index (χ1) is 12.4. The van der Waals surface area contributed by atoms with E-state index < -0.39 is 16.0 Å². The number of benzene rings is 1. The summed E-state index contributed by atoms with van der Waals surface area (Å²) < 4.78 is 41.5. The van der Waals surface area contributed by atoms with Crippen LogP contribution in [-0.4, -0.2) is 43.5 Å². The number of carbonyl (C=O) groups is 1. The summed E-state index contributed by atoms with van der Waals surface area (Å²) in [5.74, 6) is -1.54. The molecule has 0 aliphatic carbocycles. The summed E-state index contributed by atoms with van der Waals surface area (Å²) in [7, 11) is -3.92. The molecule has 0 bridgehead atoms. The van der Waals surface area contributed by atoms with E-state index in [4.69, 9.17) is 5.11 Å². The molecule has 1 saturated heterocycles. The molecular formula is C17H19FN2O4S2. The first-order valence-electron chi connectivity index (χ1n) is 8.15. The maximum atomic E-state index is 13.8. The lowest BCUT2D eigenvalue weighted by atomic mass is 10.1. The Kier molecular flexibility index (Phi) is 5.71. The Bertz CT molecular complexity index is 898. The van der Waals surface area contributed by atoms with Crippen LogP contribution in [0.15, 0.2) is 40.6 Å². The minimum absolute atomic E-state index is 0.198. The van der Waals surface area contributed by atoms with Crippen molar-refractivity contribution >= 4 is 27.3 Å². The molecule has 9 heteroatoms. The Morgan fingerprint density at radius 2 is 2.12 bits per heavy atom. The molecule has 0 radical (unpaired) electrons. The maximum absolute atomic E-state index is 13.8. The third-order valence-electron chi connectivity index (χ3n) is 4.29. The van der Waals surface area contributed by atoms with Crippen LogP contribution in [0.5, 0.6) is 0 Å². The highest BCUT2D eigenvalue weighted by molar-refractivity contribution is 7.89. The van der Waals surface area contributed by atoms with Gasteiger partial charge in [0.1, 0.15) is 15.6 Å². The molecule has 1 unspecified atom stereocenters. The van der Waals surface area contributed by atoms with Crippen molar-refractivity contribution in [3.05, 3.63) is 52.0 Å². The minimum Gasteiger partial charge on any atom is -0.477 e. The SMILES string of the molecule is O=C(O)c1sccc1S(=O)(=O)NC1CCCN(Cc2ccccc2F)C1. The standard InChI is InChI=1S/C17H19FN2O4S2/c18-14-6-2-1-4-12(14)10-20-8-3-5-13(11-20)19-26(23,24)15-7-9-25-16(15)17(21)22/h1-2,4,6-7,9,13,19H,3,5,8,10-11H2,(H,21,22). The fourth-order valence-corrected chi connectivity index (χ4v) is 5.63. The fourth-order valence-electron chi connectivity index (χ4n) is 3.11. The molecule has 6 nitrogen and oxygen atoms in total. The van der Waals surface area contributed by atoms with E-state index in [-0.39, 0.29) is 21.6 Å². The highest BCUT2D eigenvalue weighted by Crippen LogP contribution is 2.23. The van der Waals surface area contributed by atoms with Gasteiger partial charge in [-0.1, -0.05) is 18.2 Å². The van der Waals surface area contributed by atoms with Crippen LogP contribution >= 0.6 is 11.3 Å². The monoisotopic (exact) mass is 398 g/mol. The summed E-state index contributed by atoms with van der Waals surface area (Å²) in [5, 5.41) is 10.6. The first-order valence-corrected chi connectivity index (χ1v) is 10.5. The molecule has 1 aromatic carbocycles. The van der Waals surface area contributed by atoms with Gasteiger partial charge in [0.2, 0.25) is 10.0 Å². The summed E-state index contributed by atoms with van der Waals surface area (Å²) in [5.41, 5.74) is 0.571. The number of nitrogens with zero attached hydrogens (tertiary/aromatic N) is 1. The third-order valence-corrected chi connectivity index (χ3v) is 6.89. The van der Waals surface area contributed by atoms with Gasteiger partial charge in [0.25, 0.3) is 0 Å². The number of piperidine rings is 1. The molecular weight excluding hydrogens is 379 g/mol. The first kappa shape index (κ1) is 19.0. The Morgan fingerprint density at radius 1 is 1.35 bits per heavy atom. The lowest BCUT2D eigenvalue weighted by Gasteiger charge is -2.33. The third kappa shape index (κ3) is 4.29. The van der Waals surface area contributed by atoms with Crippen molar-refractivity contribution in [2.45, 2.75) is 30.3 Å². The van der Waals surface area contributed by atoms with Crippen molar-refractivity contribution in [3.63, 3.8) is 0 Å². The quantitative estimate of drug-likeness (QED) is 0.781. The fraction of sp³-hybridized carbons (Fsp3) is 0.353. The van der Waals surface area contributed by atoms with Gasteiger partial charge in [-0.25, -0.2) is 22.3 Å². The lowest BCUT2D eigenvalue weighted by Crippen LogP contribution is -2.47. The van der Waals surface area contributed by atoms with Crippen LogP contribution in [0.4, 0.5) is 4.39 Å². The summed E-state index contributed by atoms with van der Waals surface area (Å²) in [4.78, 5) is 12.8. The van der Waals surface area contributed by atoms with Crippen molar-refractivity contribution < 1.29 is 22.7 Å². The molecule has 1 aromatic heterocycles. The molecule has 1 aliphatic rings. The van der Waals surface area contributed by atoms with E-state index in [1.165, 1.54) is 17.5 Å². The number of carboxylic acid groups (broad SMARTS) is 1. The van der Waals surface area contributed by atoms with E-state index in [1.54, 1.807) is 18.2 Å². The van der Waals surface area contributed by atoms with Crippen LogP contribution in [0.3, 0.4) is 0 Å². The molecule has 0 spiro atoms. The molecule has 26 heavy (non-hydrogen) atoms. The molecule has 0 amide bonds. The predicted molar refractivity (Wildman–Crippen MR) is 96.3 cm³/mol. The Labute approximate surface area is 155 Å². The van der Waals surface area contributed by atoms with Gasteiger partial charge in [0.15, 0.2) is 0 Å². The molecule has 3 rings (SSSR count). The maximum Gasteiger partial charge on any atom is 0.347 e. The number of hydrogen-bond donors (Lipinski definition) is 2. The number of carboxylic acids is 1. The molecule has 2 N–H and O–H groups in total. The van der Waals surface area contributed by atoms with Crippen LogP contribution < -0.4 is 4.72 Å². The summed E-state index contributed by atoms with van der Waals surface area (Å²) in [6.45, 7) is 1.61. The van der Waals surface area contributed by atoms with Gasteiger partial charge < -0.3 is 5.11 Å². The highest BCUT2D eigenvalue weighted by atomic mass is 32.2. The minimum atomic E-state index is -3.92. The second kappa shape index (κ2) is 7.83. The number of thiophene rings is 1. The van der Waals surface area contributed by atoms with Crippen molar-refractivity contribution in [2.75, 3.05) is 13.1 Å². The number of rotatable bonds is 6. The summed E-state index contributed by atoms with van der Waals surface area (Å²) in [6.07, 6.45) is 1.43. The number of likely N-dealkylation sites (tertiary alicyclic amines) is 1. The molecule has 1 aliphatic heterocycles. The van der Waals surface area contributed by atoms with Gasteiger partial charge in [-0.2, -0.15) is 0 Å². The van der Waals surface area contributed by atoms with Crippen LogP contribution in [0.1, 0.15) is 28.1 Å². The van der Waals surface area contributed by atoms with Gasteiger partial charge in [0, 0.05) is 24.7 Å². The van der Waals surface area contributed by atoms with Gasteiger partial charge >= 0.3 is 5.97 Å². The van der Waals surface area contributed by atoms with E-state index >= 15 is 0 Å². The molecule has 2 heterocycles. The van der Waals surface area contributed by atoms with Crippen molar-refractivity contribution in [2.24, 2.45) is 0 Å². The predicted octanol–water partition coefficient (Wildman–Crippen LogP) is 2.53. The molecule has 2 aromatic rings. The number of nitrogens with one attached hydrogen (secondary N) is 1. The van der Waals surface area contributed by atoms with Crippen molar-refractivity contribution in [1.29, 1.82) is 0 Å². The van der Waals surface area contributed by atoms with Crippen LogP contribution in [0.25, 0.3) is 0 Å². The molecule has 0 saturated carbocycles. The number of halogens is 1. The summed E-state index contributed by atoms with van der Waals surface area (Å²) >= 11 is 0.880. The Morgan fingerprint density at radius 3 is 2.85 bits per heavy atom. The van der Waals surface area contributed by atoms with Gasteiger partial charge in [0.05, 0.1) is 0 Å². The van der Waals surface area contributed by atoms with Crippen LogP contribution in [0.2, 0.25) is 0 Å². The highest BCUT2D eigenvalue weighted by Gasteiger charge is 2.29. The lowest BCUT2D eigenvalue weighted by molar-refractivity contribution is 0.0698. The van der Waals surface area contributed by atoms with Crippen LogP contribution in [0, 0.1) is 5.82 Å².